The summed E-state index contributed by atoms with van der Waals surface area (Å²) in [7, 11) is 0. The van der Waals surface area contributed by atoms with Gasteiger partial charge in [0, 0.05) is 18.0 Å². The molecule has 0 aromatic carbocycles. The Hall–Kier alpha value is -2.30. The molecule has 0 spiro atoms. The quantitative estimate of drug-likeness (QED) is 0.757. The minimum absolute atomic E-state index is 0.0915. The number of amides is 1. The van der Waals surface area contributed by atoms with E-state index in [1.54, 1.807) is 6.20 Å². The largest absolute Gasteiger partial charge is 0.465 e. The van der Waals surface area contributed by atoms with E-state index in [0.29, 0.717) is 0 Å². The molecular formula is C13H13N3O2. The second-order valence-electron chi connectivity index (χ2n) is 4.39. The third kappa shape index (κ3) is 1.84. The number of aromatic nitrogens is 2. The molecule has 18 heavy (non-hydrogen) atoms. The lowest BCUT2D eigenvalue weighted by molar-refractivity contribution is 0.192. The highest BCUT2D eigenvalue weighted by atomic mass is 16.4. The molecular weight excluding hydrogens is 230 g/mol. The van der Waals surface area contributed by atoms with Crippen LogP contribution in [0.4, 0.5) is 4.79 Å². The fourth-order valence-electron chi connectivity index (χ4n) is 2.42. The summed E-state index contributed by atoms with van der Waals surface area (Å²) in [6, 6.07) is 3.78. The molecule has 0 saturated heterocycles. The molecule has 2 aromatic rings. The lowest BCUT2D eigenvalue weighted by Crippen LogP contribution is -2.30. The highest BCUT2D eigenvalue weighted by Crippen LogP contribution is 2.31. The molecule has 0 aliphatic heterocycles. The van der Waals surface area contributed by atoms with Crippen LogP contribution in [0.25, 0.3) is 16.6 Å². The fraction of sp³-hybridized carbons (Fsp3) is 0.231. The van der Waals surface area contributed by atoms with Gasteiger partial charge < -0.3 is 15.4 Å². The highest BCUT2D eigenvalue weighted by Gasteiger charge is 2.20. The molecule has 5 heteroatoms. The molecule has 1 aliphatic rings. The van der Waals surface area contributed by atoms with E-state index in [2.05, 4.69) is 15.3 Å². The van der Waals surface area contributed by atoms with Gasteiger partial charge in [-0.3, -0.25) is 4.98 Å². The van der Waals surface area contributed by atoms with E-state index in [0.717, 1.165) is 35.0 Å². The Morgan fingerprint density at radius 3 is 3.28 bits per heavy atom. The van der Waals surface area contributed by atoms with Gasteiger partial charge in [-0.15, -0.1) is 0 Å². The van der Waals surface area contributed by atoms with Gasteiger partial charge in [-0.05, 0) is 30.5 Å². The third-order valence-electron chi connectivity index (χ3n) is 3.22. The monoisotopic (exact) mass is 243 g/mol. The van der Waals surface area contributed by atoms with Crippen LogP contribution in [0.1, 0.15) is 18.4 Å². The average Bonchev–Trinajstić information content (AvgIpc) is 2.94. The zero-order valence-corrected chi connectivity index (χ0v) is 9.68. The Morgan fingerprint density at radius 2 is 2.44 bits per heavy atom. The van der Waals surface area contributed by atoms with Crippen LogP contribution in [0.2, 0.25) is 0 Å². The number of aromatic amines is 1. The molecule has 0 bridgehead atoms. The van der Waals surface area contributed by atoms with Crippen molar-refractivity contribution in [3.63, 3.8) is 0 Å². The molecule has 5 nitrogen and oxygen atoms in total. The van der Waals surface area contributed by atoms with Crippen molar-refractivity contribution in [2.75, 3.05) is 0 Å². The van der Waals surface area contributed by atoms with Gasteiger partial charge >= 0.3 is 6.09 Å². The summed E-state index contributed by atoms with van der Waals surface area (Å²) in [4.78, 5) is 18.1. The molecule has 0 saturated carbocycles. The van der Waals surface area contributed by atoms with E-state index in [9.17, 15) is 4.79 Å². The summed E-state index contributed by atoms with van der Waals surface area (Å²) in [6.45, 7) is 0. The van der Waals surface area contributed by atoms with E-state index in [1.165, 1.54) is 0 Å². The van der Waals surface area contributed by atoms with Crippen molar-refractivity contribution < 1.29 is 9.90 Å². The van der Waals surface area contributed by atoms with Gasteiger partial charge in [0.25, 0.3) is 0 Å². The van der Waals surface area contributed by atoms with Crippen LogP contribution in [-0.4, -0.2) is 27.2 Å². The smallest absolute Gasteiger partial charge is 0.405 e. The second-order valence-corrected chi connectivity index (χ2v) is 4.39. The maximum atomic E-state index is 10.6. The first-order chi connectivity index (χ1) is 8.74. The maximum absolute atomic E-state index is 10.6. The van der Waals surface area contributed by atoms with Gasteiger partial charge in [0.05, 0.1) is 17.1 Å². The number of hydrogen-bond acceptors (Lipinski definition) is 2. The minimum Gasteiger partial charge on any atom is -0.465 e. The summed E-state index contributed by atoms with van der Waals surface area (Å²) in [5.41, 5.74) is 4.17. The molecule has 0 fully saturated rings. The van der Waals surface area contributed by atoms with Gasteiger partial charge in [-0.1, -0.05) is 6.08 Å². The zero-order chi connectivity index (χ0) is 12.5. The number of rotatable bonds is 2. The number of carbonyl (C=O) groups is 1. The van der Waals surface area contributed by atoms with Crippen molar-refractivity contribution >= 4 is 22.7 Å². The van der Waals surface area contributed by atoms with Crippen LogP contribution in [0.15, 0.2) is 30.6 Å². The van der Waals surface area contributed by atoms with Crippen LogP contribution in [0.5, 0.6) is 0 Å². The molecule has 0 radical (unpaired) electrons. The first-order valence-electron chi connectivity index (χ1n) is 5.86. The summed E-state index contributed by atoms with van der Waals surface area (Å²) >= 11 is 0. The topological polar surface area (TPSA) is 78.0 Å². The molecule has 2 aromatic heterocycles. The second kappa shape index (κ2) is 4.18. The number of allylic oxidation sites excluding steroid dienone is 1. The molecule has 1 amide bonds. The number of pyridine rings is 1. The Balaban J connectivity index is 1.94. The van der Waals surface area contributed by atoms with Crippen molar-refractivity contribution in [3.8, 4) is 0 Å². The molecule has 3 N–H and O–H groups in total. The van der Waals surface area contributed by atoms with Crippen LogP contribution >= 0.6 is 0 Å². The fourth-order valence-corrected chi connectivity index (χ4v) is 2.42. The first kappa shape index (κ1) is 10.8. The summed E-state index contributed by atoms with van der Waals surface area (Å²) in [5.74, 6) is 0. The summed E-state index contributed by atoms with van der Waals surface area (Å²) < 4.78 is 0. The molecule has 1 unspecified atom stereocenters. The number of hydrogen-bond donors (Lipinski definition) is 3. The molecule has 92 valence electrons. The van der Waals surface area contributed by atoms with Crippen molar-refractivity contribution in [1.29, 1.82) is 0 Å². The number of carboxylic acid groups (broad SMARTS) is 1. The first-order valence-corrected chi connectivity index (χ1v) is 5.86. The minimum atomic E-state index is -0.977. The zero-order valence-electron chi connectivity index (χ0n) is 9.68. The summed E-state index contributed by atoms with van der Waals surface area (Å²) in [6.07, 6.45) is 6.38. The van der Waals surface area contributed by atoms with Crippen LogP contribution in [0, 0.1) is 0 Å². The van der Waals surface area contributed by atoms with E-state index in [1.807, 2.05) is 24.4 Å². The van der Waals surface area contributed by atoms with Crippen LogP contribution < -0.4 is 5.32 Å². The van der Waals surface area contributed by atoms with E-state index < -0.39 is 6.09 Å². The number of H-pyrrole nitrogens is 1. The van der Waals surface area contributed by atoms with E-state index >= 15 is 0 Å². The molecule has 1 aliphatic carbocycles. The van der Waals surface area contributed by atoms with Gasteiger partial charge in [0.15, 0.2) is 0 Å². The van der Waals surface area contributed by atoms with Crippen molar-refractivity contribution in [3.05, 3.63) is 36.2 Å². The molecule has 1 atom stereocenters. The van der Waals surface area contributed by atoms with Gasteiger partial charge in [-0.25, -0.2) is 4.79 Å². The normalized spacial score (nSPS) is 18.9. The van der Waals surface area contributed by atoms with Crippen LogP contribution in [0.3, 0.4) is 0 Å². The van der Waals surface area contributed by atoms with Crippen molar-refractivity contribution in [1.82, 2.24) is 15.3 Å². The Bertz CT molecular complexity index is 630. The standard InChI is InChI=1S/C13H13N3O2/c17-13(18)16-9-4-3-8(6-9)10-7-15-11-2-1-5-14-12(10)11/h1-2,5-7,9,15-16H,3-4H2,(H,17,18). The molecule has 2 heterocycles. The Morgan fingerprint density at radius 1 is 1.56 bits per heavy atom. The Kier molecular flexibility index (Phi) is 2.51. The third-order valence-corrected chi connectivity index (χ3v) is 3.22. The van der Waals surface area contributed by atoms with Crippen molar-refractivity contribution in [2.24, 2.45) is 0 Å². The SMILES string of the molecule is O=C(O)NC1C=C(c2c[nH]c3cccnc23)CC1. The lowest BCUT2D eigenvalue weighted by atomic mass is 10.1. The number of fused-ring (bicyclic) bond motifs is 1. The Labute approximate surface area is 104 Å². The van der Waals surface area contributed by atoms with E-state index in [-0.39, 0.29) is 6.04 Å². The predicted molar refractivity (Wildman–Crippen MR) is 68.3 cm³/mol. The average molecular weight is 243 g/mol. The van der Waals surface area contributed by atoms with E-state index in [4.69, 9.17) is 5.11 Å². The van der Waals surface area contributed by atoms with Crippen molar-refractivity contribution in [2.45, 2.75) is 18.9 Å². The van der Waals surface area contributed by atoms with Gasteiger partial charge in [-0.2, -0.15) is 0 Å². The highest BCUT2D eigenvalue weighted by molar-refractivity contribution is 5.90. The van der Waals surface area contributed by atoms with Gasteiger partial charge in [0.2, 0.25) is 0 Å². The predicted octanol–water partition coefficient (Wildman–Crippen LogP) is 2.38. The number of nitrogens with one attached hydrogen (secondary N) is 2. The maximum Gasteiger partial charge on any atom is 0.405 e. The number of nitrogens with zero attached hydrogens (tertiary/aromatic N) is 1. The molecule has 3 rings (SSSR count). The van der Waals surface area contributed by atoms with Crippen LogP contribution in [-0.2, 0) is 0 Å². The van der Waals surface area contributed by atoms with Gasteiger partial charge in [0.1, 0.15) is 0 Å². The summed E-state index contributed by atoms with van der Waals surface area (Å²) in [5, 5.41) is 11.2. The lowest BCUT2D eigenvalue weighted by Gasteiger charge is -2.04.